The molecule has 5 nitrogen and oxygen atoms in total. The molecule has 0 aliphatic heterocycles. The van der Waals surface area contributed by atoms with E-state index in [1.165, 1.54) is 4.68 Å². The SMILES string of the molecule is Cc1ccc(C)c(NC(=O)c2ccn(COc3ccc(Br)cc3Cl)n2)c1. The highest BCUT2D eigenvalue weighted by Crippen LogP contribution is 2.27. The van der Waals surface area contributed by atoms with Gasteiger partial charge in [-0.1, -0.05) is 39.7 Å². The lowest BCUT2D eigenvalue weighted by atomic mass is 10.1. The van der Waals surface area contributed by atoms with Crippen molar-refractivity contribution in [3.05, 3.63) is 75.0 Å². The number of nitrogens with one attached hydrogen (secondary N) is 1. The number of hydrogen-bond donors (Lipinski definition) is 1. The van der Waals surface area contributed by atoms with Gasteiger partial charge in [0.1, 0.15) is 5.75 Å². The van der Waals surface area contributed by atoms with Crippen molar-refractivity contribution in [3.63, 3.8) is 0 Å². The summed E-state index contributed by atoms with van der Waals surface area (Å²) < 4.78 is 8.05. The Morgan fingerprint density at radius 2 is 2.04 bits per heavy atom. The summed E-state index contributed by atoms with van der Waals surface area (Å²) in [6.07, 6.45) is 1.69. The number of ether oxygens (including phenoxy) is 1. The van der Waals surface area contributed by atoms with Gasteiger partial charge in [-0.05, 0) is 55.3 Å². The first-order valence-electron chi connectivity index (χ1n) is 7.92. The molecule has 3 rings (SSSR count). The van der Waals surface area contributed by atoms with Crippen molar-refractivity contribution in [1.29, 1.82) is 0 Å². The molecule has 0 aliphatic rings. The van der Waals surface area contributed by atoms with E-state index in [2.05, 4.69) is 26.3 Å². The Morgan fingerprint density at radius 3 is 2.81 bits per heavy atom. The fourth-order valence-corrected chi connectivity index (χ4v) is 3.07. The number of nitrogens with zero attached hydrogens (tertiary/aromatic N) is 2. The van der Waals surface area contributed by atoms with Gasteiger partial charge < -0.3 is 10.1 Å². The van der Waals surface area contributed by atoms with Crippen LogP contribution in [0.25, 0.3) is 0 Å². The Morgan fingerprint density at radius 1 is 1.23 bits per heavy atom. The standard InChI is InChI=1S/C19H17BrClN3O2/c1-12-3-4-13(2)17(9-12)22-19(25)16-7-8-24(23-16)11-26-18-6-5-14(20)10-15(18)21/h3-10H,11H2,1-2H3,(H,22,25). The van der Waals surface area contributed by atoms with Gasteiger partial charge in [0.05, 0.1) is 5.02 Å². The van der Waals surface area contributed by atoms with E-state index in [0.29, 0.717) is 16.5 Å². The Bertz CT molecular complexity index is 956. The van der Waals surface area contributed by atoms with Crippen LogP contribution in [0.5, 0.6) is 5.75 Å². The maximum Gasteiger partial charge on any atom is 0.276 e. The highest BCUT2D eigenvalue weighted by Gasteiger charge is 2.12. The van der Waals surface area contributed by atoms with Crippen molar-refractivity contribution >= 4 is 39.1 Å². The Kier molecular flexibility index (Phi) is 5.64. The maximum absolute atomic E-state index is 12.4. The smallest absolute Gasteiger partial charge is 0.276 e. The topological polar surface area (TPSA) is 56.2 Å². The largest absolute Gasteiger partial charge is 0.470 e. The number of rotatable bonds is 5. The monoisotopic (exact) mass is 433 g/mol. The minimum Gasteiger partial charge on any atom is -0.470 e. The second-order valence-corrected chi connectivity index (χ2v) is 7.18. The van der Waals surface area contributed by atoms with Gasteiger partial charge in [0, 0.05) is 16.4 Å². The first kappa shape index (κ1) is 18.5. The van der Waals surface area contributed by atoms with E-state index in [9.17, 15) is 4.79 Å². The zero-order chi connectivity index (χ0) is 18.7. The van der Waals surface area contributed by atoms with Crippen molar-refractivity contribution in [2.75, 3.05) is 5.32 Å². The van der Waals surface area contributed by atoms with Gasteiger partial charge in [0.15, 0.2) is 12.4 Å². The summed E-state index contributed by atoms with van der Waals surface area (Å²) in [4.78, 5) is 12.4. The first-order chi connectivity index (χ1) is 12.4. The molecule has 134 valence electrons. The van der Waals surface area contributed by atoms with E-state index in [4.69, 9.17) is 16.3 Å². The Balaban J connectivity index is 1.65. The van der Waals surface area contributed by atoms with E-state index in [1.54, 1.807) is 24.4 Å². The highest BCUT2D eigenvalue weighted by molar-refractivity contribution is 9.10. The van der Waals surface area contributed by atoms with Crippen LogP contribution in [0.3, 0.4) is 0 Å². The number of hydrogen-bond acceptors (Lipinski definition) is 3. The fraction of sp³-hybridized carbons (Fsp3) is 0.158. The Labute approximate surface area is 165 Å². The molecule has 2 aromatic carbocycles. The molecule has 1 N–H and O–H groups in total. The number of anilines is 1. The van der Waals surface area contributed by atoms with Crippen molar-refractivity contribution in [2.45, 2.75) is 20.6 Å². The van der Waals surface area contributed by atoms with E-state index in [-0.39, 0.29) is 12.6 Å². The van der Waals surface area contributed by atoms with Gasteiger partial charge in [-0.15, -0.1) is 0 Å². The summed E-state index contributed by atoms with van der Waals surface area (Å²) in [5.74, 6) is 0.283. The van der Waals surface area contributed by atoms with Crippen LogP contribution in [-0.2, 0) is 6.73 Å². The first-order valence-corrected chi connectivity index (χ1v) is 9.09. The van der Waals surface area contributed by atoms with Crippen LogP contribution in [-0.4, -0.2) is 15.7 Å². The molecule has 1 aromatic heterocycles. The maximum atomic E-state index is 12.4. The molecule has 1 heterocycles. The van der Waals surface area contributed by atoms with Crippen LogP contribution in [0.1, 0.15) is 21.6 Å². The van der Waals surface area contributed by atoms with Gasteiger partial charge in [0.25, 0.3) is 5.91 Å². The summed E-state index contributed by atoms with van der Waals surface area (Å²) in [7, 11) is 0. The number of aromatic nitrogens is 2. The molecule has 0 bridgehead atoms. The lowest BCUT2D eigenvalue weighted by Gasteiger charge is -2.09. The molecule has 0 unspecified atom stereocenters. The number of carbonyl (C=O) groups excluding carboxylic acids is 1. The second kappa shape index (κ2) is 7.93. The van der Waals surface area contributed by atoms with Crippen molar-refractivity contribution in [2.24, 2.45) is 0 Å². The molecule has 0 atom stereocenters. The minimum absolute atomic E-state index is 0.151. The molecule has 0 spiro atoms. The number of benzene rings is 2. The molecule has 26 heavy (non-hydrogen) atoms. The quantitative estimate of drug-likeness (QED) is 0.600. The molecule has 1 amide bonds. The molecule has 0 radical (unpaired) electrons. The van der Waals surface area contributed by atoms with Gasteiger partial charge in [-0.2, -0.15) is 5.10 Å². The van der Waals surface area contributed by atoms with Gasteiger partial charge in [0.2, 0.25) is 0 Å². The molecule has 3 aromatic rings. The van der Waals surface area contributed by atoms with Crippen LogP contribution < -0.4 is 10.1 Å². The zero-order valence-corrected chi connectivity index (χ0v) is 16.6. The van der Waals surface area contributed by atoms with Crippen molar-refractivity contribution in [3.8, 4) is 5.75 Å². The Hall–Kier alpha value is -2.31. The average molecular weight is 435 g/mol. The van der Waals surface area contributed by atoms with E-state index < -0.39 is 0 Å². The molecular weight excluding hydrogens is 418 g/mol. The predicted octanol–water partition coefficient (Wildman–Crippen LogP) is 5.20. The third kappa shape index (κ3) is 4.45. The van der Waals surface area contributed by atoms with Gasteiger partial charge in [-0.25, -0.2) is 4.68 Å². The van der Waals surface area contributed by atoms with Crippen molar-refractivity contribution < 1.29 is 9.53 Å². The van der Waals surface area contributed by atoms with E-state index in [1.807, 2.05) is 38.1 Å². The molecule has 0 aliphatic carbocycles. The highest BCUT2D eigenvalue weighted by atomic mass is 79.9. The van der Waals surface area contributed by atoms with Crippen LogP contribution in [0.4, 0.5) is 5.69 Å². The van der Waals surface area contributed by atoms with Crippen LogP contribution in [0.15, 0.2) is 53.1 Å². The van der Waals surface area contributed by atoms with Crippen LogP contribution in [0.2, 0.25) is 5.02 Å². The lowest BCUT2D eigenvalue weighted by Crippen LogP contribution is -2.15. The van der Waals surface area contributed by atoms with Crippen molar-refractivity contribution in [1.82, 2.24) is 9.78 Å². The molecular formula is C19H17BrClN3O2. The summed E-state index contributed by atoms with van der Waals surface area (Å²) in [6.45, 7) is 4.08. The molecule has 0 fully saturated rings. The average Bonchev–Trinajstić information content (AvgIpc) is 3.06. The number of halogens is 2. The number of amides is 1. The fourth-order valence-electron chi connectivity index (χ4n) is 2.34. The van der Waals surface area contributed by atoms with Gasteiger partial charge >= 0.3 is 0 Å². The van der Waals surface area contributed by atoms with Gasteiger partial charge in [-0.3, -0.25) is 4.79 Å². The summed E-state index contributed by atoms with van der Waals surface area (Å²) in [5, 5.41) is 7.64. The second-order valence-electron chi connectivity index (χ2n) is 5.86. The minimum atomic E-state index is -0.265. The van der Waals surface area contributed by atoms with Crippen LogP contribution in [0, 0.1) is 13.8 Å². The number of carbonyl (C=O) groups is 1. The van der Waals surface area contributed by atoms with E-state index >= 15 is 0 Å². The third-order valence-corrected chi connectivity index (χ3v) is 4.55. The summed E-state index contributed by atoms with van der Waals surface area (Å²) in [5.41, 5.74) is 3.17. The normalized spacial score (nSPS) is 10.6. The summed E-state index contributed by atoms with van der Waals surface area (Å²) in [6, 6.07) is 12.9. The van der Waals surface area contributed by atoms with E-state index in [0.717, 1.165) is 21.3 Å². The van der Waals surface area contributed by atoms with Crippen LogP contribution >= 0.6 is 27.5 Å². The molecule has 0 saturated carbocycles. The predicted molar refractivity (Wildman–Crippen MR) is 106 cm³/mol. The molecule has 0 saturated heterocycles. The molecule has 7 heteroatoms. The third-order valence-electron chi connectivity index (χ3n) is 3.76. The number of aryl methyl sites for hydroxylation is 2. The lowest BCUT2D eigenvalue weighted by molar-refractivity contribution is 0.102. The summed E-state index contributed by atoms with van der Waals surface area (Å²) >= 11 is 9.47. The zero-order valence-electron chi connectivity index (χ0n) is 14.3.